The fourth-order valence-electron chi connectivity index (χ4n) is 5.33. The standard InChI is InChI=1S/C36H25N/c1-2-9-26(10-3-1)35-24-32(20-21-34(35)30-17-14-25-8-4-5-12-29(25)22-30)37-31-19-18-28-16-15-27-11-6-7-13-33(27)36(28)23-31/h1-24,37H. The molecule has 37 heavy (non-hydrogen) atoms. The SMILES string of the molecule is c1ccc(-c2cc(Nc3ccc4ccc5ccccc5c4c3)ccc2-c2ccc3ccccc3c2)cc1. The Hall–Kier alpha value is -4.88. The summed E-state index contributed by atoms with van der Waals surface area (Å²) < 4.78 is 0. The highest BCUT2D eigenvalue weighted by atomic mass is 14.9. The maximum absolute atomic E-state index is 3.68. The Balaban J connectivity index is 1.33. The van der Waals surface area contributed by atoms with E-state index in [2.05, 4.69) is 151 Å². The lowest BCUT2D eigenvalue weighted by atomic mass is 9.92. The minimum atomic E-state index is 1.07. The molecule has 0 fully saturated rings. The van der Waals surface area contributed by atoms with Gasteiger partial charge < -0.3 is 5.32 Å². The van der Waals surface area contributed by atoms with Gasteiger partial charge in [-0.25, -0.2) is 0 Å². The second-order valence-corrected chi connectivity index (χ2v) is 9.54. The zero-order chi connectivity index (χ0) is 24.6. The van der Waals surface area contributed by atoms with E-state index in [1.54, 1.807) is 0 Å². The fourth-order valence-corrected chi connectivity index (χ4v) is 5.33. The summed E-state index contributed by atoms with van der Waals surface area (Å²) in [5.74, 6) is 0. The third-order valence-corrected chi connectivity index (χ3v) is 7.20. The van der Waals surface area contributed by atoms with Crippen molar-refractivity contribution in [2.75, 3.05) is 5.32 Å². The van der Waals surface area contributed by atoms with Crippen molar-refractivity contribution >= 4 is 43.7 Å². The van der Waals surface area contributed by atoms with Crippen LogP contribution < -0.4 is 5.32 Å². The van der Waals surface area contributed by atoms with Crippen molar-refractivity contribution in [1.29, 1.82) is 0 Å². The predicted octanol–water partition coefficient (Wildman–Crippen LogP) is 10.2. The molecule has 0 bridgehead atoms. The Kier molecular flexibility index (Phi) is 5.19. The van der Waals surface area contributed by atoms with Crippen molar-refractivity contribution in [3.63, 3.8) is 0 Å². The van der Waals surface area contributed by atoms with Crippen LogP contribution in [0.5, 0.6) is 0 Å². The molecule has 0 radical (unpaired) electrons. The van der Waals surface area contributed by atoms with Gasteiger partial charge in [0.1, 0.15) is 0 Å². The largest absolute Gasteiger partial charge is 0.355 e. The quantitative estimate of drug-likeness (QED) is 0.252. The summed E-state index contributed by atoms with van der Waals surface area (Å²) in [5.41, 5.74) is 7.03. The van der Waals surface area contributed by atoms with Crippen LogP contribution in [0.25, 0.3) is 54.6 Å². The van der Waals surface area contributed by atoms with E-state index in [4.69, 9.17) is 0 Å². The molecule has 0 aromatic heterocycles. The van der Waals surface area contributed by atoms with Crippen molar-refractivity contribution in [1.82, 2.24) is 0 Å². The van der Waals surface area contributed by atoms with Gasteiger partial charge in [0.25, 0.3) is 0 Å². The highest BCUT2D eigenvalue weighted by Crippen LogP contribution is 2.37. The van der Waals surface area contributed by atoms with Crippen LogP contribution in [0.2, 0.25) is 0 Å². The van der Waals surface area contributed by atoms with Crippen molar-refractivity contribution in [2.45, 2.75) is 0 Å². The van der Waals surface area contributed by atoms with Gasteiger partial charge in [-0.1, -0.05) is 115 Å². The first-order chi connectivity index (χ1) is 18.3. The molecule has 7 rings (SSSR count). The third kappa shape index (κ3) is 4.01. The molecule has 0 aliphatic heterocycles. The van der Waals surface area contributed by atoms with E-state index >= 15 is 0 Å². The normalized spacial score (nSPS) is 11.2. The van der Waals surface area contributed by atoms with E-state index in [1.807, 2.05) is 0 Å². The molecule has 0 saturated heterocycles. The maximum Gasteiger partial charge on any atom is 0.0390 e. The first kappa shape index (κ1) is 21.4. The molecule has 0 atom stereocenters. The van der Waals surface area contributed by atoms with Crippen LogP contribution in [0.1, 0.15) is 0 Å². The number of rotatable bonds is 4. The highest BCUT2D eigenvalue weighted by Gasteiger charge is 2.10. The molecule has 1 N–H and O–H groups in total. The molecule has 0 saturated carbocycles. The molecule has 7 aromatic rings. The number of fused-ring (bicyclic) bond motifs is 4. The zero-order valence-corrected chi connectivity index (χ0v) is 20.4. The smallest absolute Gasteiger partial charge is 0.0390 e. The Morgan fingerprint density at radius 3 is 1.81 bits per heavy atom. The maximum atomic E-state index is 3.68. The van der Waals surface area contributed by atoms with E-state index in [1.165, 1.54) is 54.6 Å². The van der Waals surface area contributed by atoms with E-state index in [0.29, 0.717) is 0 Å². The summed E-state index contributed by atoms with van der Waals surface area (Å²) >= 11 is 0. The summed E-state index contributed by atoms with van der Waals surface area (Å²) in [5, 5.41) is 11.2. The average molecular weight is 472 g/mol. The van der Waals surface area contributed by atoms with Gasteiger partial charge in [0, 0.05) is 11.4 Å². The van der Waals surface area contributed by atoms with E-state index in [-0.39, 0.29) is 0 Å². The molecule has 1 nitrogen and oxygen atoms in total. The van der Waals surface area contributed by atoms with Crippen LogP contribution in [-0.2, 0) is 0 Å². The molecule has 0 aliphatic rings. The Morgan fingerprint density at radius 1 is 0.324 bits per heavy atom. The summed E-state index contributed by atoms with van der Waals surface area (Å²) in [6.45, 7) is 0. The first-order valence-electron chi connectivity index (χ1n) is 12.7. The molecule has 1 heteroatoms. The molecule has 0 spiro atoms. The van der Waals surface area contributed by atoms with Crippen molar-refractivity contribution in [3.8, 4) is 22.3 Å². The number of anilines is 2. The molecule has 7 aromatic carbocycles. The number of hydrogen-bond donors (Lipinski definition) is 1. The topological polar surface area (TPSA) is 12.0 Å². The van der Waals surface area contributed by atoms with Crippen LogP contribution >= 0.6 is 0 Å². The monoisotopic (exact) mass is 471 g/mol. The lowest BCUT2D eigenvalue weighted by molar-refractivity contribution is 1.54. The van der Waals surface area contributed by atoms with Gasteiger partial charge in [-0.3, -0.25) is 0 Å². The lowest BCUT2D eigenvalue weighted by Gasteiger charge is -2.15. The van der Waals surface area contributed by atoms with Gasteiger partial charge in [-0.05, 0) is 84.9 Å². The zero-order valence-electron chi connectivity index (χ0n) is 20.4. The van der Waals surface area contributed by atoms with Crippen LogP contribution in [0, 0.1) is 0 Å². The Morgan fingerprint density at radius 2 is 0.946 bits per heavy atom. The minimum Gasteiger partial charge on any atom is -0.355 e. The fraction of sp³-hybridized carbons (Fsp3) is 0. The average Bonchev–Trinajstić information content (AvgIpc) is 2.97. The van der Waals surface area contributed by atoms with Crippen molar-refractivity contribution < 1.29 is 0 Å². The summed E-state index contributed by atoms with van der Waals surface area (Å²) in [4.78, 5) is 0. The van der Waals surface area contributed by atoms with Crippen LogP contribution in [0.3, 0.4) is 0 Å². The van der Waals surface area contributed by atoms with E-state index in [9.17, 15) is 0 Å². The minimum absolute atomic E-state index is 1.07. The second-order valence-electron chi connectivity index (χ2n) is 9.54. The van der Waals surface area contributed by atoms with Gasteiger partial charge >= 0.3 is 0 Å². The van der Waals surface area contributed by atoms with E-state index in [0.717, 1.165) is 11.4 Å². The number of benzene rings is 7. The number of hydrogen-bond acceptors (Lipinski definition) is 1. The Labute approximate surface area is 216 Å². The third-order valence-electron chi connectivity index (χ3n) is 7.20. The predicted molar refractivity (Wildman–Crippen MR) is 160 cm³/mol. The van der Waals surface area contributed by atoms with Crippen LogP contribution in [0.4, 0.5) is 11.4 Å². The molecular weight excluding hydrogens is 446 g/mol. The lowest BCUT2D eigenvalue weighted by Crippen LogP contribution is -1.93. The molecule has 174 valence electrons. The van der Waals surface area contributed by atoms with Crippen molar-refractivity contribution in [2.24, 2.45) is 0 Å². The van der Waals surface area contributed by atoms with Crippen LogP contribution in [0.15, 0.2) is 146 Å². The van der Waals surface area contributed by atoms with Gasteiger partial charge in [0.15, 0.2) is 0 Å². The number of nitrogens with one attached hydrogen (secondary N) is 1. The van der Waals surface area contributed by atoms with Gasteiger partial charge in [-0.15, -0.1) is 0 Å². The Bertz CT molecular complexity index is 1900. The second kappa shape index (κ2) is 8.96. The molecule has 0 amide bonds. The summed E-state index contributed by atoms with van der Waals surface area (Å²) in [6, 6.07) is 52.2. The summed E-state index contributed by atoms with van der Waals surface area (Å²) in [6.07, 6.45) is 0. The molecule has 0 aliphatic carbocycles. The van der Waals surface area contributed by atoms with Gasteiger partial charge in [0.05, 0.1) is 0 Å². The highest BCUT2D eigenvalue weighted by molar-refractivity contribution is 6.08. The molecule has 0 unspecified atom stereocenters. The van der Waals surface area contributed by atoms with Gasteiger partial charge in [-0.2, -0.15) is 0 Å². The summed E-state index contributed by atoms with van der Waals surface area (Å²) in [7, 11) is 0. The molecular formula is C36H25N. The van der Waals surface area contributed by atoms with Gasteiger partial charge in [0.2, 0.25) is 0 Å². The molecule has 0 heterocycles. The van der Waals surface area contributed by atoms with E-state index < -0.39 is 0 Å². The van der Waals surface area contributed by atoms with Crippen LogP contribution in [-0.4, -0.2) is 0 Å². The van der Waals surface area contributed by atoms with Crippen molar-refractivity contribution in [3.05, 3.63) is 146 Å². The first-order valence-corrected chi connectivity index (χ1v) is 12.7.